The van der Waals surface area contributed by atoms with Gasteiger partial charge in [0.15, 0.2) is 5.17 Å². The van der Waals surface area contributed by atoms with Gasteiger partial charge in [-0.05, 0) is 47.7 Å². The summed E-state index contributed by atoms with van der Waals surface area (Å²) in [7, 11) is 0. The van der Waals surface area contributed by atoms with Crippen molar-refractivity contribution in [2.75, 3.05) is 11.4 Å². The number of benzene rings is 2. The number of aliphatic imine (C=N–C) groups is 1. The Balaban J connectivity index is 1.63. The molecule has 0 saturated carbocycles. The van der Waals surface area contributed by atoms with Crippen LogP contribution in [-0.4, -0.2) is 34.6 Å². The van der Waals surface area contributed by atoms with Crippen LogP contribution in [0.3, 0.4) is 0 Å². The van der Waals surface area contributed by atoms with E-state index in [0.29, 0.717) is 37.1 Å². The van der Waals surface area contributed by atoms with Gasteiger partial charge in [0.2, 0.25) is 5.91 Å². The molecule has 30 heavy (non-hydrogen) atoms. The molecule has 4 rings (SSSR count). The number of amidine groups is 1. The summed E-state index contributed by atoms with van der Waals surface area (Å²) >= 11 is 13.0. The van der Waals surface area contributed by atoms with E-state index >= 15 is 0 Å². The van der Waals surface area contributed by atoms with Gasteiger partial charge in [0.25, 0.3) is 5.91 Å². The van der Waals surface area contributed by atoms with Crippen LogP contribution in [0.15, 0.2) is 58.4 Å². The van der Waals surface area contributed by atoms with Gasteiger partial charge in [0.1, 0.15) is 6.54 Å². The SMILES string of the molecule is O=C(O)CN1C(=O)C(/C=C2\SC(=Nc3cc(Cl)cc(Cl)c3)NC2=O)c2ccccc21. The monoisotopic (exact) mass is 461 g/mol. The van der Waals surface area contributed by atoms with Crippen molar-refractivity contribution in [3.63, 3.8) is 0 Å². The van der Waals surface area contributed by atoms with Crippen molar-refractivity contribution in [1.29, 1.82) is 0 Å². The highest BCUT2D eigenvalue weighted by Gasteiger charge is 2.38. The van der Waals surface area contributed by atoms with Crippen molar-refractivity contribution in [1.82, 2.24) is 5.32 Å². The first kappa shape index (κ1) is 20.5. The highest BCUT2D eigenvalue weighted by Crippen LogP contribution is 2.40. The van der Waals surface area contributed by atoms with Crippen LogP contribution in [0.5, 0.6) is 0 Å². The second kappa shape index (κ2) is 8.14. The highest BCUT2D eigenvalue weighted by atomic mass is 35.5. The number of carbonyl (C=O) groups is 3. The van der Waals surface area contributed by atoms with Crippen molar-refractivity contribution in [2.45, 2.75) is 5.92 Å². The Kier molecular flexibility index (Phi) is 5.55. The first-order valence-corrected chi connectivity index (χ1v) is 10.3. The van der Waals surface area contributed by atoms with Crippen molar-refractivity contribution < 1.29 is 19.5 Å². The number of aliphatic carboxylic acids is 1. The molecule has 1 unspecified atom stereocenters. The average molecular weight is 462 g/mol. The molecule has 7 nitrogen and oxygen atoms in total. The molecule has 2 aliphatic rings. The van der Waals surface area contributed by atoms with Gasteiger partial charge in [0, 0.05) is 15.7 Å². The average Bonchev–Trinajstić information content (AvgIpc) is 3.13. The summed E-state index contributed by atoms with van der Waals surface area (Å²) in [5.41, 5.74) is 1.65. The van der Waals surface area contributed by atoms with Gasteiger partial charge in [-0.2, -0.15) is 0 Å². The lowest BCUT2D eigenvalue weighted by Crippen LogP contribution is -2.33. The fourth-order valence-electron chi connectivity index (χ4n) is 3.24. The normalized spacial score (nSPS) is 20.7. The minimum absolute atomic E-state index is 0.298. The van der Waals surface area contributed by atoms with E-state index in [9.17, 15) is 14.4 Å². The van der Waals surface area contributed by atoms with Crippen LogP contribution in [0.4, 0.5) is 11.4 Å². The van der Waals surface area contributed by atoms with Gasteiger partial charge < -0.3 is 15.3 Å². The standard InChI is InChI=1S/C20H13Cl2N3O4S/c21-10-5-11(22)7-12(6-10)23-20-24-18(28)16(30-20)8-14-13-3-1-2-4-15(13)25(19(14)29)9-17(26)27/h1-8,14H,9H2,(H,26,27)(H,23,24,28)/b16-8-. The molecule has 1 fully saturated rings. The minimum atomic E-state index is -1.12. The second-order valence-electron chi connectivity index (χ2n) is 6.49. The summed E-state index contributed by atoms with van der Waals surface area (Å²) in [5.74, 6) is -2.66. The lowest BCUT2D eigenvalue weighted by atomic mass is 10.0. The van der Waals surface area contributed by atoms with E-state index in [4.69, 9.17) is 28.3 Å². The predicted molar refractivity (Wildman–Crippen MR) is 117 cm³/mol. The van der Waals surface area contributed by atoms with Gasteiger partial charge in [-0.3, -0.25) is 14.4 Å². The fraction of sp³-hybridized carbons (Fsp3) is 0.100. The largest absolute Gasteiger partial charge is 0.480 e. The number of hydrogen-bond acceptors (Lipinski definition) is 5. The number of fused-ring (bicyclic) bond motifs is 1. The predicted octanol–water partition coefficient (Wildman–Crippen LogP) is 3.94. The summed E-state index contributed by atoms with van der Waals surface area (Å²) in [6, 6.07) is 11.7. The first-order valence-electron chi connectivity index (χ1n) is 8.70. The number of anilines is 1. The van der Waals surface area contributed by atoms with E-state index in [0.717, 1.165) is 11.8 Å². The van der Waals surface area contributed by atoms with Gasteiger partial charge >= 0.3 is 5.97 Å². The van der Waals surface area contributed by atoms with Crippen LogP contribution in [-0.2, 0) is 14.4 Å². The number of carboxylic acids is 1. The van der Waals surface area contributed by atoms with Crippen molar-refractivity contribution in [2.24, 2.45) is 4.99 Å². The molecule has 2 N–H and O–H groups in total. The highest BCUT2D eigenvalue weighted by molar-refractivity contribution is 8.18. The lowest BCUT2D eigenvalue weighted by Gasteiger charge is -2.14. The van der Waals surface area contributed by atoms with Crippen LogP contribution in [0, 0.1) is 0 Å². The zero-order valence-electron chi connectivity index (χ0n) is 15.1. The number of carboxylic acid groups (broad SMARTS) is 1. The fourth-order valence-corrected chi connectivity index (χ4v) is 4.61. The topological polar surface area (TPSA) is 99.1 Å². The molecule has 0 radical (unpaired) electrons. The Hall–Kier alpha value is -2.81. The Bertz CT molecular complexity index is 1130. The van der Waals surface area contributed by atoms with Crippen molar-refractivity contribution >= 4 is 69.3 Å². The van der Waals surface area contributed by atoms with E-state index < -0.39 is 30.2 Å². The molecule has 2 aromatic rings. The number of amides is 2. The maximum atomic E-state index is 12.9. The van der Waals surface area contributed by atoms with Crippen LogP contribution >= 0.6 is 35.0 Å². The number of carbonyl (C=O) groups excluding carboxylic acids is 2. The zero-order chi connectivity index (χ0) is 21.4. The number of nitrogens with one attached hydrogen (secondary N) is 1. The third kappa shape index (κ3) is 4.07. The molecule has 2 aliphatic heterocycles. The summed E-state index contributed by atoms with van der Waals surface area (Å²) in [4.78, 5) is 42.3. The number of thioether (sulfide) groups is 1. The van der Waals surface area contributed by atoms with Crippen LogP contribution in [0.1, 0.15) is 11.5 Å². The molecule has 1 saturated heterocycles. The molecule has 0 bridgehead atoms. The molecule has 10 heteroatoms. The third-order valence-corrected chi connectivity index (χ3v) is 5.80. The van der Waals surface area contributed by atoms with Crippen LogP contribution < -0.4 is 10.2 Å². The molecule has 2 amide bonds. The van der Waals surface area contributed by atoms with Crippen LogP contribution in [0.25, 0.3) is 0 Å². The Morgan fingerprint density at radius 1 is 1.20 bits per heavy atom. The molecule has 0 spiro atoms. The molecule has 2 heterocycles. The summed E-state index contributed by atoms with van der Waals surface area (Å²) < 4.78 is 0. The number of hydrogen-bond donors (Lipinski definition) is 2. The van der Waals surface area contributed by atoms with E-state index in [1.165, 1.54) is 11.0 Å². The van der Waals surface area contributed by atoms with Gasteiger partial charge in [-0.15, -0.1) is 0 Å². The zero-order valence-corrected chi connectivity index (χ0v) is 17.5. The Morgan fingerprint density at radius 3 is 2.60 bits per heavy atom. The summed E-state index contributed by atoms with van der Waals surface area (Å²) in [5, 5.41) is 12.9. The number of para-hydroxylation sites is 1. The van der Waals surface area contributed by atoms with E-state index in [-0.39, 0.29) is 0 Å². The molecule has 0 aliphatic carbocycles. The van der Waals surface area contributed by atoms with Gasteiger partial charge in [-0.25, -0.2) is 4.99 Å². The summed E-state index contributed by atoms with van der Waals surface area (Å²) in [6.07, 6.45) is 1.54. The van der Waals surface area contributed by atoms with E-state index in [1.54, 1.807) is 42.5 Å². The van der Waals surface area contributed by atoms with E-state index in [1.807, 2.05) is 0 Å². The maximum absolute atomic E-state index is 12.9. The number of halogens is 2. The maximum Gasteiger partial charge on any atom is 0.323 e. The Labute approximate surface area is 185 Å². The lowest BCUT2D eigenvalue weighted by molar-refractivity contribution is -0.136. The number of rotatable bonds is 4. The molecular formula is C20H13Cl2N3O4S. The molecule has 1 atom stereocenters. The first-order chi connectivity index (χ1) is 14.3. The smallest absolute Gasteiger partial charge is 0.323 e. The third-order valence-electron chi connectivity index (χ3n) is 4.43. The van der Waals surface area contributed by atoms with Crippen molar-refractivity contribution in [3.8, 4) is 0 Å². The summed E-state index contributed by atoms with van der Waals surface area (Å²) in [6.45, 7) is -0.447. The van der Waals surface area contributed by atoms with Gasteiger partial charge in [-0.1, -0.05) is 41.4 Å². The van der Waals surface area contributed by atoms with Crippen LogP contribution in [0.2, 0.25) is 10.0 Å². The molecule has 0 aromatic heterocycles. The molecular weight excluding hydrogens is 449 g/mol. The second-order valence-corrected chi connectivity index (χ2v) is 8.39. The Morgan fingerprint density at radius 2 is 1.90 bits per heavy atom. The van der Waals surface area contributed by atoms with Gasteiger partial charge in [0.05, 0.1) is 16.5 Å². The van der Waals surface area contributed by atoms with Crippen molar-refractivity contribution in [3.05, 3.63) is 69.1 Å². The van der Waals surface area contributed by atoms with E-state index in [2.05, 4.69) is 10.3 Å². The molecule has 2 aromatic carbocycles. The minimum Gasteiger partial charge on any atom is -0.480 e. The molecule has 152 valence electrons. The number of nitrogens with zero attached hydrogens (tertiary/aromatic N) is 2. The quantitative estimate of drug-likeness (QED) is 0.671.